The van der Waals surface area contributed by atoms with Crippen molar-refractivity contribution in [3.05, 3.63) is 36.2 Å². The summed E-state index contributed by atoms with van der Waals surface area (Å²) in [5.74, 6) is 0.984. The number of ether oxygens (including phenoxy) is 1. The van der Waals surface area contributed by atoms with Gasteiger partial charge in [-0.25, -0.2) is 0 Å². The molecule has 0 spiro atoms. The zero-order valence-electron chi connectivity index (χ0n) is 12.7. The minimum atomic E-state index is -0.0386. The van der Waals surface area contributed by atoms with Crippen LogP contribution in [0, 0.1) is 0 Å². The number of hydrogen-bond donors (Lipinski definition) is 0. The molecule has 0 bridgehead atoms. The van der Waals surface area contributed by atoms with Gasteiger partial charge in [-0.1, -0.05) is 31.0 Å². The van der Waals surface area contributed by atoms with Gasteiger partial charge in [0.25, 0.3) is 0 Å². The smallest absolute Gasteiger partial charge is 0.176 e. The largest absolute Gasteiger partial charge is 0.379 e. The van der Waals surface area contributed by atoms with Crippen molar-refractivity contribution in [2.75, 3.05) is 26.3 Å². The molecule has 2 fully saturated rings. The van der Waals surface area contributed by atoms with E-state index in [-0.39, 0.29) is 5.54 Å². The topological polar surface area (TPSA) is 56.1 Å². The van der Waals surface area contributed by atoms with Crippen LogP contribution in [-0.4, -0.2) is 51.4 Å². The van der Waals surface area contributed by atoms with Crippen LogP contribution in [0.15, 0.2) is 30.3 Å². The van der Waals surface area contributed by atoms with Gasteiger partial charge in [-0.05, 0) is 35.4 Å². The van der Waals surface area contributed by atoms with Gasteiger partial charge in [0.15, 0.2) is 5.82 Å². The van der Waals surface area contributed by atoms with Crippen LogP contribution in [0.3, 0.4) is 0 Å². The molecule has 0 unspecified atom stereocenters. The summed E-state index contributed by atoms with van der Waals surface area (Å²) in [6.45, 7) is 3.52. The molecule has 0 atom stereocenters. The Hall–Kier alpha value is -1.79. The van der Waals surface area contributed by atoms with Gasteiger partial charge in [0, 0.05) is 13.1 Å². The Morgan fingerprint density at radius 2 is 1.73 bits per heavy atom. The first kappa shape index (κ1) is 13.8. The van der Waals surface area contributed by atoms with Gasteiger partial charge in [-0.15, -0.1) is 5.10 Å². The molecule has 1 saturated heterocycles. The van der Waals surface area contributed by atoms with Gasteiger partial charge in [0.1, 0.15) is 0 Å². The number of aromatic nitrogens is 4. The lowest BCUT2D eigenvalue weighted by atomic mass is 9.93. The van der Waals surface area contributed by atoms with Crippen LogP contribution in [0.25, 0.3) is 5.69 Å². The van der Waals surface area contributed by atoms with Gasteiger partial charge >= 0.3 is 0 Å². The molecule has 1 aromatic carbocycles. The third-order valence-electron chi connectivity index (χ3n) is 4.93. The van der Waals surface area contributed by atoms with Gasteiger partial charge in [-0.2, -0.15) is 4.68 Å². The van der Waals surface area contributed by atoms with Crippen molar-refractivity contribution in [1.82, 2.24) is 25.1 Å². The number of tetrazole rings is 1. The second kappa shape index (κ2) is 5.78. The van der Waals surface area contributed by atoms with Crippen LogP contribution in [0.1, 0.15) is 31.5 Å². The fourth-order valence-corrected chi connectivity index (χ4v) is 3.85. The van der Waals surface area contributed by atoms with E-state index in [0.29, 0.717) is 0 Å². The SMILES string of the molecule is c1ccc(-n2nnnc2C2(N3CCOCC3)CCCC2)cc1. The number of nitrogens with zero attached hydrogens (tertiary/aromatic N) is 5. The van der Waals surface area contributed by atoms with Crippen molar-refractivity contribution in [3.63, 3.8) is 0 Å². The maximum absolute atomic E-state index is 5.54. The van der Waals surface area contributed by atoms with E-state index in [4.69, 9.17) is 4.74 Å². The van der Waals surface area contributed by atoms with Gasteiger partial charge in [0.05, 0.1) is 24.4 Å². The summed E-state index contributed by atoms with van der Waals surface area (Å²) in [6.07, 6.45) is 4.72. The monoisotopic (exact) mass is 299 g/mol. The predicted molar refractivity (Wildman–Crippen MR) is 81.7 cm³/mol. The van der Waals surface area contributed by atoms with Gasteiger partial charge in [0.2, 0.25) is 0 Å². The van der Waals surface area contributed by atoms with Gasteiger partial charge in [-0.3, -0.25) is 4.90 Å². The quantitative estimate of drug-likeness (QED) is 0.864. The Morgan fingerprint density at radius 3 is 2.45 bits per heavy atom. The van der Waals surface area contributed by atoms with E-state index in [9.17, 15) is 0 Å². The normalized spacial score (nSPS) is 22.0. The molecule has 0 N–H and O–H groups in total. The Labute approximate surface area is 130 Å². The van der Waals surface area contributed by atoms with Crippen LogP contribution >= 0.6 is 0 Å². The first-order valence-corrected chi connectivity index (χ1v) is 8.07. The van der Waals surface area contributed by atoms with E-state index in [1.165, 1.54) is 12.8 Å². The van der Waals surface area contributed by atoms with Crippen molar-refractivity contribution in [3.8, 4) is 5.69 Å². The van der Waals surface area contributed by atoms with Crippen LogP contribution in [0.5, 0.6) is 0 Å². The molecule has 1 aliphatic carbocycles. The van der Waals surface area contributed by atoms with E-state index >= 15 is 0 Å². The second-order valence-electron chi connectivity index (χ2n) is 6.09. The molecule has 116 valence electrons. The Kier molecular flexibility index (Phi) is 3.63. The van der Waals surface area contributed by atoms with Crippen LogP contribution in [0.4, 0.5) is 0 Å². The summed E-state index contributed by atoms with van der Waals surface area (Å²) in [5.41, 5.74) is 0.991. The summed E-state index contributed by atoms with van der Waals surface area (Å²) in [7, 11) is 0. The van der Waals surface area contributed by atoms with E-state index in [0.717, 1.165) is 50.7 Å². The van der Waals surface area contributed by atoms with Crippen molar-refractivity contribution < 1.29 is 4.74 Å². The van der Waals surface area contributed by atoms with Crippen LogP contribution < -0.4 is 0 Å². The zero-order valence-corrected chi connectivity index (χ0v) is 12.7. The summed E-state index contributed by atoms with van der Waals surface area (Å²) in [5, 5.41) is 12.7. The molecule has 2 heterocycles. The highest BCUT2D eigenvalue weighted by Gasteiger charge is 2.45. The molecule has 0 amide bonds. The van der Waals surface area contributed by atoms with E-state index in [1.807, 2.05) is 22.9 Å². The highest BCUT2D eigenvalue weighted by molar-refractivity contribution is 5.32. The molecular weight excluding hydrogens is 278 g/mol. The molecular formula is C16H21N5O. The van der Waals surface area contributed by atoms with E-state index in [2.05, 4.69) is 32.6 Å². The standard InChI is InChI=1S/C16H21N5O/c1-2-6-14(7-3-1)21-15(17-18-19-21)16(8-4-5-9-16)20-10-12-22-13-11-20/h1-3,6-7H,4-5,8-13H2. The number of rotatable bonds is 3. The van der Waals surface area contributed by atoms with E-state index < -0.39 is 0 Å². The highest BCUT2D eigenvalue weighted by atomic mass is 16.5. The lowest BCUT2D eigenvalue weighted by molar-refractivity contribution is -0.0273. The summed E-state index contributed by atoms with van der Waals surface area (Å²) in [4.78, 5) is 2.54. The molecule has 0 radical (unpaired) electrons. The lowest BCUT2D eigenvalue weighted by Crippen LogP contribution is -2.51. The summed E-state index contributed by atoms with van der Waals surface area (Å²) >= 11 is 0. The number of para-hydroxylation sites is 1. The number of benzene rings is 1. The first-order valence-electron chi connectivity index (χ1n) is 8.07. The third kappa shape index (κ3) is 2.23. The molecule has 1 aliphatic heterocycles. The molecule has 1 aromatic heterocycles. The molecule has 6 nitrogen and oxygen atoms in total. The fourth-order valence-electron chi connectivity index (χ4n) is 3.85. The van der Waals surface area contributed by atoms with Crippen molar-refractivity contribution >= 4 is 0 Å². The number of morpholine rings is 1. The second-order valence-corrected chi connectivity index (χ2v) is 6.09. The maximum Gasteiger partial charge on any atom is 0.176 e. The van der Waals surface area contributed by atoms with Crippen molar-refractivity contribution in [2.45, 2.75) is 31.2 Å². The first-order chi connectivity index (χ1) is 10.9. The Morgan fingerprint density at radius 1 is 1.00 bits per heavy atom. The highest BCUT2D eigenvalue weighted by Crippen LogP contribution is 2.43. The summed E-state index contributed by atoms with van der Waals surface area (Å²) < 4.78 is 7.45. The molecule has 2 aromatic rings. The van der Waals surface area contributed by atoms with Gasteiger partial charge < -0.3 is 4.74 Å². The summed E-state index contributed by atoms with van der Waals surface area (Å²) in [6, 6.07) is 10.2. The Balaban J connectivity index is 1.77. The zero-order chi connectivity index (χ0) is 14.8. The minimum Gasteiger partial charge on any atom is -0.379 e. The lowest BCUT2D eigenvalue weighted by Gasteiger charge is -2.42. The minimum absolute atomic E-state index is 0.0386. The van der Waals surface area contributed by atoms with Crippen LogP contribution in [-0.2, 0) is 10.3 Å². The maximum atomic E-state index is 5.54. The average Bonchev–Trinajstić information content (AvgIpc) is 3.26. The van der Waals surface area contributed by atoms with Crippen molar-refractivity contribution in [2.24, 2.45) is 0 Å². The Bertz CT molecular complexity index is 614. The molecule has 22 heavy (non-hydrogen) atoms. The number of hydrogen-bond acceptors (Lipinski definition) is 5. The van der Waals surface area contributed by atoms with E-state index in [1.54, 1.807) is 0 Å². The average molecular weight is 299 g/mol. The molecule has 6 heteroatoms. The molecule has 2 aliphatic rings. The predicted octanol–water partition coefficient (Wildman–Crippen LogP) is 1.76. The third-order valence-corrected chi connectivity index (χ3v) is 4.93. The van der Waals surface area contributed by atoms with Crippen LogP contribution in [0.2, 0.25) is 0 Å². The molecule has 4 rings (SSSR count). The molecule has 1 saturated carbocycles. The van der Waals surface area contributed by atoms with Crippen molar-refractivity contribution in [1.29, 1.82) is 0 Å². The fraction of sp³-hybridized carbons (Fsp3) is 0.562.